The van der Waals surface area contributed by atoms with Crippen molar-refractivity contribution in [2.45, 2.75) is 66.5 Å². The number of carbonyl (C=O) groups is 1. The minimum absolute atomic E-state index is 0.0405. The number of nitrogens with zero attached hydrogens (tertiary/aromatic N) is 5. The number of aryl methyl sites for hydroxylation is 1. The molecule has 3 aromatic rings. The van der Waals surface area contributed by atoms with E-state index in [9.17, 15) is 9.90 Å². The minimum atomic E-state index is -1.06. The number of ether oxygens (including phenoxy) is 1. The summed E-state index contributed by atoms with van der Waals surface area (Å²) in [5, 5.41) is 19.3. The summed E-state index contributed by atoms with van der Waals surface area (Å²) in [5.41, 5.74) is 4.87. The van der Waals surface area contributed by atoms with Crippen LogP contribution in [0.4, 0.5) is 0 Å². The van der Waals surface area contributed by atoms with Crippen molar-refractivity contribution in [2.24, 2.45) is 23.8 Å². The fourth-order valence-electron chi connectivity index (χ4n) is 6.39. The number of rotatable bonds is 10. The molecule has 1 aliphatic carbocycles. The summed E-state index contributed by atoms with van der Waals surface area (Å²) in [6.45, 7) is 17.2. The first-order valence-electron chi connectivity index (χ1n) is 15.5. The molecule has 3 heterocycles. The van der Waals surface area contributed by atoms with Gasteiger partial charge in [-0.3, -0.25) is 14.7 Å². The predicted octanol–water partition coefficient (Wildman–Crippen LogP) is 7.01. The van der Waals surface area contributed by atoms with Gasteiger partial charge in [-0.25, -0.2) is 4.68 Å². The Kier molecular flexibility index (Phi) is 8.93. The first-order valence-corrected chi connectivity index (χ1v) is 15.5. The number of para-hydroxylation sites is 1. The van der Waals surface area contributed by atoms with Crippen LogP contribution in [0.3, 0.4) is 0 Å². The van der Waals surface area contributed by atoms with Gasteiger partial charge in [-0.15, -0.1) is 5.10 Å². The normalized spacial score (nSPS) is 19.5. The molecule has 0 saturated carbocycles. The van der Waals surface area contributed by atoms with Crippen molar-refractivity contribution in [2.75, 3.05) is 13.1 Å². The number of benzene rings is 1. The molecule has 0 saturated heterocycles. The molecule has 2 aliphatic rings. The Morgan fingerprint density at radius 2 is 2.05 bits per heavy atom. The summed E-state index contributed by atoms with van der Waals surface area (Å²) in [4.78, 5) is 19.7. The standard InChI is InChI=1S/C36H45N5O3/c1-8-29-23-41(22-26-20-37-31-12-10-9-11-30(31)33(26)44-29)18-16-27-19-25(15-17-35(27,3)4)32(36(5,6)34(42)43)24(2)13-14-28-21-38-39-40(28)7/h9-15,19-21,29,32H,2,8,16-18,22-23H2,1,3-7H3,(H,42,43)/b14-13-/t29-,32?/m1/s1. The van der Waals surface area contributed by atoms with Crippen LogP contribution in [0.15, 0.2) is 78.2 Å². The molecular weight excluding hydrogens is 550 g/mol. The highest BCUT2D eigenvalue weighted by molar-refractivity contribution is 5.86. The van der Waals surface area contributed by atoms with E-state index in [1.165, 1.54) is 5.57 Å². The Morgan fingerprint density at radius 3 is 2.75 bits per heavy atom. The summed E-state index contributed by atoms with van der Waals surface area (Å²) in [5.74, 6) is -0.291. The molecule has 1 N–H and O–H groups in total. The lowest BCUT2D eigenvalue weighted by Crippen LogP contribution is -2.36. The summed E-state index contributed by atoms with van der Waals surface area (Å²) < 4.78 is 8.26. The van der Waals surface area contributed by atoms with Crippen molar-refractivity contribution in [3.8, 4) is 5.75 Å². The summed E-state index contributed by atoms with van der Waals surface area (Å²) >= 11 is 0. The molecule has 1 unspecified atom stereocenters. The number of fused-ring (bicyclic) bond motifs is 3. The highest BCUT2D eigenvalue weighted by Crippen LogP contribution is 2.46. The summed E-state index contributed by atoms with van der Waals surface area (Å²) in [7, 11) is 1.82. The van der Waals surface area contributed by atoms with Gasteiger partial charge in [0.05, 0.1) is 22.8 Å². The van der Waals surface area contributed by atoms with E-state index in [1.807, 2.05) is 43.6 Å². The van der Waals surface area contributed by atoms with Crippen LogP contribution < -0.4 is 4.74 Å². The molecule has 44 heavy (non-hydrogen) atoms. The number of hydrogen-bond donors (Lipinski definition) is 1. The van der Waals surface area contributed by atoms with Gasteiger partial charge in [0.2, 0.25) is 0 Å². The highest BCUT2D eigenvalue weighted by Gasteiger charge is 2.41. The van der Waals surface area contributed by atoms with E-state index < -0.39 is 17.3 Å². The van der Waals surface area contributed by atoms with Crippen molar-refractivity contribution in [3.63, 3.8) is 0 Å². The molecule has 0 spiro atoms. The molecule has 232 valence electrons. The van der Waals surface area contributed by atoms with Gasteiger partial charge in [-0.05, 0) is 67.9 Å². The van der Waals surface area contributed by atoms with Crippen molar-refractivity contribution >= 4 is 22.9 Å². The monoisotopic (exact) mass is 595 g/mol. The van der Waals surface area contributed by atoms with Gasteiger partial charge < -0.3 is 9.84 Å². The number of pyridine rings is 1. The largest absolute Gasteiger partial charge is 0.488 e. The Balaban J connectivity index is 1.41. The van der Waals surface area contributed by atoms with Crippen LogP contribution in [0.1, 0.15) is 65.1 Å². The lowest BCUT2D eigenvalue weighted by Gasteiger charge is -2.38. The SMILES string of the molecule is C=C(/C=C\c1cnnn1C)C(C1=CCC(C)(C)C(CCN2Cc3cnc4ccccc4c3O[C@H](CC)C2)=C1)C(C)(C)C(=O)O. The lowest BCUT2D eigenvalue weighted by atomic mass is 9.66. The Morgan fingerprint density at radius 1 is 1.27 bits per heavy atom. The zero-order valence-corrected chi connectivity index (χ0v) is 26.9. The number of aliphatic carboxylic acids is 1. The number of carboxylic acids is 1. The van der Waals surface area contributed by atoms with Crippen molar-refractivity contribution in [1.82, 2.24) is 24.9 Å². The van der Waals surface area contributed by atoms with Crippen molar-refractivity contribution in [1.29, 1.82) is 0 Å². The molecule has 0 amide bonds. The molecule has 1 aromatic carbocycles. The van der Waals surface area contributed by atoms with Gasteiger partial charge in [0.25, 0.3) is 0 Å². The number of hydrogen-bond acceptors (Lipinski definition) is 6. The van der Waals surface area contributed by atoms with Crippen LogP contribution in [0, 0.1) is 16.7 Å². The average Bonchev–Trinajstić information content (AvgIpc) is 3.30. The van der Waals surface area contributed by atoms with Gasteiger partial charge in [-0.1, -0.05) is 68.5 Å². The molecule has 1 aliphatic heterocycles. The second-order valence-electron chi connectivity index (χ2n) is 13.4. The van der Waals surface area contributed by atoms with Gasteiger partial charge in [0.15, 0.2) is 0 Å². The number of carboxylic acid groups (broad SMARTS) is 1. The zero-order chi connectivity index (χ0) is 31.6. The Hall–Kier alpha value is -4.04. The van der Waals surface area contributed by atoms with E-state index in [4.69, 9.17) is 9.72 Å². The highest BCUT2D eigenvalue weighted by atomic mass is 16.5. The van der Waals surface area contributed by atoms with Crippen LogP contribution in [0.2, 0.25) is 0 Å². The van der Waals surface area contributed by atoms with E-state index in [0.29, 0.717) is 0 Å². The summed E-state index contributed by atoms with van der Waals surface area (Å²) in [6.07, 6.45) is 14.6. The lowest BCUT2D eigenvalue weighted by molar-refractivity contribution is -0.148. The van der Waals surface area contributed by atoms with Crippen molar-refractivity contribution in [3.05, 3.63) is 89.4 Å². The Labute approximate surface area is 260 Å². The third-order valence-corrected chi connectivity index (χ3v) is 9.35. The molecule has 5 rings (SSSR count). The molecule has 8 nitrogen and oxygen atoms in total. The first kappa shape index (κ1) is 31.4. The van der Waals surface area contributed by atoms with Gasteiger partial charge in [-0.2, -0.15) is 0 Å². The maximum atomic E-state index is 12.6. The smallest absolute Gasteiger partial charge is 0.310 e. The molecule has 2 atom stereocenters. The third kappa shape index (κ3) is 6.41. The third-order valence-electron chi connectivity index (χ3n) is 9.35. The predicted molar refractivity (Wildman–Crippen MR) is 175 cm³/mol. The Bertz CT molecular complexity index is 1640. The van der Waals surface area contributed by atoms with E-state index in [-0.39, 0.29) is 11.5 Å². The molecular formula is C36H45N5O3. The van der Waals surface area contributed by atoms with Gasteiger partial charge in [0, 0.05) is 49.7 Å². The first-order chi connectivity index (χ1) is 20.9. The van der Waals surface area contributed by atoms with Crippen molar-refractivity contribution < 1.29 is 14.6 Å². The average molecular weight is 596 g/mol. The van der Waals surface area contributed by atoms with E-state index >= 15 is 0 Å². The fourth-order valence-corrected chi connectivity index (χ4v) is 6.39. The molecule has 2 aromatic heterocycles. The van der Waals surface area contributed by atoms with Gasteiger partial charge >= 0.3 is 5.97 Å². The van der Waals surface area contributed by atoms with Crippen LogP contribution in [0.25, 0.3) is 17.0 Å². The van der Waals surface area contributed by atoms with Crippen LogP contribution in [-0.4, -0.2) is 55.1 Å². The zero-order valence-electron chi connectivity index (χ0n) is 26.9. The van der Waals surface area contributed by atoms with E-state index in [1.54, 1.807) is 24.7 Å². The molecule has 0 bridgehead atoms. The molecule has 8 heteroatoms. The van der Waals surface area contributed by atoms with E-state index in [2.05, 4.69) is 60.8 Å². The maximum Gasteiger partial charge on any atom is 0.310 e. The summed E-state index contributed by atoms with van der Waals surface area (Å²) in [6, 6.07) is 8.18. The quantitative estimate of drug-likeness (QED) is 0.252. The van der Waals surface area contributed by atoms with Gasteiger partial charge in [0.1, 0.15) is 11.9 Å². The van der Waals surface area contributed by atoms with Crippen LogP contribution in [0.5, 0.6) is 5.75 Å². The molecule has 0 radical (unpaired) electrons. The topological polar surface area (TPSA) is 93.4 Å². The minimum Gasteiger partial charge on any atom is -0.488 e. The second kappa shape index (κ2) is 12.5. The second-order valence-corrected chi connectivity index (χ2v) is 13.4. The molecule has 0 fully saturated rings. The van der Waals surface area contributed by atoms with Crippen LogP contribution in [-0.2, 0) is 18.4 Å². The number of allylic oxidation sites excluding steroid dienone is 5. The van der Waals surface area contributed by atoms with Crippen LogP contribution >= 0.6 is 0 Å². The maximum absolute atomic E-state index is 12.6. The van der Waals surface area contributed by atoms with E-state index in [0.717, 1.165) is 78.0 Å². The number of aromatic nitrogens is 4. The fraction of sp³-hybridized carbons (Fsp3) is 0.444.